The van der Waals surface area contributed by atoms with E-state index in [1.807, 2.05) is 48.5 Å². The minimum atomic E-state index is -0.0383. The topological polar surface area (TPSA) is 50.8 Å². The number of hydrogen-bond acceptors (Lipinski definition) is 4. The molecule has 0 spiro atoms. The number of amides is 1. The Morgan fingerprint density at radius 2 is 1.93 bits per heavy atom. The van der Waals surface area contributed by atoms with Crippen LogP contribution in [0.25, 0.3) is 0 Å². The van der Waals surface area contributed by atoms with E-state index < -0.39 is 0 Å². The molecule has 144 valence electrons. The van der Waals surface area contributed by atoms with Gasteiger partial charge in [-0.3, -0.25) is 9.69 Å². The number of para-hydroxylation sites is 1. The molecule has 1 aliphatic rings. The van der Waals surface area contributed by atoms with Gasteiger partial charge in [0, 0.05) is 36.8 Å². The van der Waals surface area contributed by atoms with E-state index in [4.69, 9.17) is 21.1 Å². The van der Waals surface area contributed by atoms with E-state index in [9.17, 15) is 4.79 Å². The normalized spacial score (nSPS) is 14.7. The van der Waals surface area contributed by atoms with Gasteiger partial charge in [0.25, 0.3) is 0 Å². The zero-order chi connectivity index (χ0) is 18.9. The molecule has 2 aromatic rings. The van der Waals surface area contributed by atoms with Gasteiger partial charge in [-0.2, -0.15) is 0 Å². The highest BCUT2D eigenvalue weighted by molar-refractivity contribution is 6.31. The van der Waals surface area contributed by atoms with E-state index in [-0.39, 0.29) is 5.91 Å². The van der Waals surface area contributed by atoms with E-state index >= 15 is 0 Å². The average Bonchev–Trinajstić information content (AvgIpc) is 2.69. The molecule has 1 amide bonds. The lowest BCUT2D eigenvalue weighted by molar-refractivity contribution is -0.116. The maximum absolute atomic E-state index is 12.1. The first kappa shape index (κ1) is 19.7. The van der Waals surface area contributed by atoms with Crippen molar-refractivity contribution >= 4 is 23.2 Å². The molecule has 5 nitrogen and oxygen atoms in total. The van der Waals surface area contributed by atoms with E-state index in [1.54, 1.807) is 0 Å². The number of carbonyl (C=O) groups is 1. The summed E-state index contributed by atoms with van der Waals surface area (Å²) in [5, 5.41) is 3.57. The van der Waals surface area contributed by atoms with Crippen LogP contribution in [0.3, 0.4) is 0 Å². The second-order valence-electron chi connectivity index (χ2n) is 6.51. The second kappa shape index (κ2) is 10.3. The molecule has 1 fully saturated rings. The van der Waals surface area contributed by atoms with Gasteiger partial charge in [0.05, 0.1) is 19.8 Å². The zero-order valence-corrected chi connectivity index (χ0v) is 16.1. The predicted molar refractivity (Wildman–Crippen MR) is 107 cm³/mol. The Kier molecular flexibility index (Phi) is 7.51. The van der Waals surface area contributed by atoms with Gasteiger partial charge in [0.1, 0.15) is 5.75 Å². The minimum Gasteiger partial charge on any atom is -0.494 e. The lowest BCUT2D eigenvalue weighted by atomic mass is 10.1. The predicted octanol–water partition coefficient (Wildman–Crippen LogP) is 3.97. The van der Waals surface area contributed by atoms with Gasteiger partial charge in [-0.15, -0.1) is 0 Å². The highest BCUT2D eigenvalue weighted by atomic mass is 35.5. The number of hydrogen-bond donors (Lipinski definition) is 1. The van der Waals surface area contributed by atoms with Crippen LogP contribution in [0.15, 0.2) is 48.5 Å². The molecule has 2 aromatic carbocycles. The molecule has 0 atom stereocenters. The molecule has 0 bridgehead atoms. The number of nitrogens with one attached hydrogen (secondary N) is 1. The van der Waals surface area contributed by atoms with Gasteiger partial charge in [-0.1, -0.05) is 35.9 Å². The molecule has 6 heteroatoms. The Bertz CT molecular complexity index is 733. The van der Waals surface area contributed by atoms with Crippen molar-refractivity contribution in [1.82, 2.24) is 4.90 Å². The number of anilines is 1. The maximum Gasteiger partial charge on any atom is 0.224 e. The summed E-state index contributed by atoms with van der Waals surface area (Å²) in [7, 11) is 0. The highest BCUT2D eigenvalue weighted by Crippen LogP contribution is 2.23. The van der Waals surface area contributed by atoms with Crippen molar-refractivity contribution in [2.24, 2.45) is 0 Å². The first-order valence-corrected chi connectivity index (χ1v) is 9.65. The molecule has 3 rings (SSSR count). The fourth-order valence-electron chi connectivity index (χ4n) is 2.92. The lowest BCUT2D eigenvalue weighted by Crippen LogP contribution is -2.35. The van der Waals surface area contributed by atoms with Gasteiger partial charge in [-0.05, 0) is 36.2 Å². The molecule has 0 saturated carbocycles. The van der Waals surface area contributed by atoms with Crippen LogP contribution in [0.1, 0.15) is 18.4 Å². The first-order valence-electron chi connectivity index (χ1n) is 9.27. The Morgan fingerprint density at radius 1 is 1.15 bits per heavy atom. The number of morpholine rings is 1. The Morgan fingerprint density at radius 3 is 2.67 bits per heavy atom. The molecule has 0 aliphatic carbocycles. The monoisotopic (exact) mass is 388 g/mol. The lowest BCUT2D eigenvalue weighted by Gasteiger charge is -2.27. The molecule has 27 heavy (non-hydrogen) atoms. The highest BCUT2D eigenvalue weighted by Gasteiger charge is 2.13. The van der Waals surface area contributed by atoms with E-state index in [0.29, 0.717) is 24.5 Å². The van der Waals surface area contributed by atoms with Crippen molar-refractivity contribution in [2.75, 3.05) is 38.2 Å². The molecule has 0 aromatic heterocycles. The Hall–Kier alpha value is -2.08. The third kappa shape index (κ3) is 6.54. The summed E-state index contributed by atoms with van der Waals surface area (Å²) < 4.78 is 11.0. The van der Waals surface area contributed by atoms with Gasteiger partial charge < -0.3 is 14.8 Å². The van der Waals surface area contributed by atoms with Crippen molar-refractivity contribution in [1.29, 1.82) is 0 Å². The number of carbonyl (C=O) groups excluding carboxylic acids is 1. The summed E-state index contributed by atoms with van der Waals surface area (Å²) >= 11 is 6.40. The standard InChI is InChI=1S/C21H25ClN2O3/c22-20-15-18(9-8-17(20)16-24-10-13-26-14-11-24)23-21(25)7-4-12-27-19-5-2-1-3-6-19/h1-3,5-6,8-9,15H,4,7,10-14,16H2,(H,23,25). The summed E-state index contributed by atoms with van der Waals surface area (Å²) in [6, 6.07) is 15.3. The fourth-order valence-corrected chi connectivity index (χ4v) is 3.16. The molecule has 0 radical (unpaired) electrons. The van der Waals surface area contributed by atoms with Crippen molar-refractivity contribution in [3.63, 3.8) is 0 Å². The third-order valence-corrected chi connectivity index (χ3v) is 4.75. The largest absolute Gasteiger partial charge is 0.494 e. The SMILES string of the molecule is O=C(CCCOc1ccccc1)Nc1ccc(CN2CCOCC2)c(Cl)c1. The van der Waals surface area contributed by atoms with Crippen LogP contribution in [0, 0.1) is 0 Å². The molecule has 0 unspecified atom stereocenters. The summed E-state index contributed by atoms with van der Waals surface area (Å²) in [5.74, 6) is 0.782. The molecule has 1 saturated heterocycles. The van der Waals surface area contributed by atoms with Crippen LogP contribution in [0.4, 0.5) is 5.69 Å². The van der Waals surface area contributed by atoms with Crippen LogP contribution >= 0.6 is 11.6 Å². The maximum atomic E-state index is 12.1. The van der Waals surface area contributed by atoms with Crippen molar-refractivity contribution < 1.29 is 14.3 Å². The van der Waals surface area contributed by atoms with Crippen LogP contribution in [0.5, 0.6) is 5.75 Å². The molecule has 1 heterocycles. The Labute approximate surface area is 165 Å². The Balaban J connectivity index is 1.41. The summed E-state index contributed by atoms with van der Waals surface area (Å²) in [6.45, 7) is 4.67. The van der Waals surface area contributed by atoms with Gasteiger partial charge in [-0.25, -0.2) is 0 Å². The summed E-state index contributed by atoms with van der Waals surface area (Å²) in [4.78, 5) is 14.4. The van der Waals surface area contributed by atoms with E-state index in [0.717, 1.165) is 49.8 Å². The fraction of sp³-hybridized carbons (Fsp3) is 0.381. The summed E-state index contributed by atoms with van der Waals surface area (Å²) in [5.41, 5.74) is 1.78. The van der Waals surface area contributed by atoms with Crippen LogP contribution in [0.2, 0.25) is 5.02 Å². The molecule has 1 N–H and O–H groups in total. The third-order valence-electron chi connectivity index (χ3n) is 4.39. The minimum absolute atomic E-state index is 0.0383. The molecular formula is C21H25ClN2O3. The van der Waals surface area contributed by atoms with Crippen molar-refractivity contribution in [3.05, 3.63) is 59.1 Å². The van der Waals surface area contributed by atoms with Crippen molar-refractivity contribution in [3.8, 4) is 5.75 Å². The number of halogens is 1. The van der Waals surface area contributed by atoms with E-state index in [2.05, 4.69) is 10.2 Å². The zero-order valence-electron chi connectivity index (χ0n) is 15.3. The number of ether oxygens (including phenoxy) is 2. The first-order chi connectivity index (χ1) is 13.2. The van der Waals surface area contributed by atoms with Gasteiger partial charge >= 0.3 is 0 Å². The van der Waals surface area contributed by atoms with Crippen molar-refractivity contribution in [2.45, 2.75) is 19.4 Å². The van der Waals surface area contributed by atoms with Gasteiger partial charge in [0.2, 0.25) is 5.91 Å². The summed E-state index contributed by atoms with van der Waals surface area (Å²) in [6.07, 6.45) is 1.06. The number of rotatable bonds is 8. The second-order valence-corrected chi connectivity index (χ2v) is 6.92. The molecular weight excluding hydrogens is 364 g/mol. The number of nitrogens with zero attached hydrogens (tertiary/aromatic N) is 1. The number of benzene rings is 2. The smallest absolute Gasteiger partial charge is 0.224 e. The van der Waals surface area contributed by atoms with Crippen LogP contribution < -0.4 is 10.1 Å². The quantitative estimate of drug-likeness (QED) is 0.695. The van der Waals surface area contributed by atoms with E-state index in [1.165, 1.54) is 0 Å². The van der Waals surface area contributed by atoms with Crippen LogP contribution in [-0.4, -0.2) is 43.7 Å². The average molecular weight is 389 g/mol. The molecule has 1 aliphatic heterocycles. The van der Waals surface area contributed by atoms with Crippen LogP contribution in [-0.2, 0) is 16.1 Å². The van der Waals surface area contributed by atoms with Gasteiger partial charge in [0.15, 0.2) is 0 Å².